The summed E-state index contributed by atoms with van der Waals surface area (Å²) in [7, 11) is -12.8. The molecule has 0 bridgehead atoms. The van der Waals surface area contributed by atoms with E-state index in [1.165, 1.54) is 72.8 Å². The van der Waals surface area contributed by atoms with E-state index < -0.39 is 30.4 Å². The maximum Gasteiger partial charge on any atom is 3.00 e. The van der Waals surface area contributed by atoms with Crippen LogP contribution in [-0.2, 0) is 47.4 Å². The molecule has 0 aromatic heterocycles. The van der Waals surface area contributed by atoms with Crippen LogP contribution in [0.1, 0.15) is 0 Å². The van der Waals surface area contributed by atoms with Gasteiger partial charge in [0.15, 0.2) is 0 Å². The van der Waals surface area contributed by atoms with Crippen molar-refractivity contribution in [2.75, 3.05) is 0 Å². The minimum Gasteiger partial charge on any atom is -0.744 e. The fraction of sp³-hybridized carbons (Fsp3) is 0. The summed E-state index contributed by atoms with van der Waals surface area (Å²) in [6.07, 6.45) is 0. The van der Waals surface area contributed by atoms with Crippen molar-refractivity contribution in [2.45, 2.75) is 14.7 Å². The molecule has 3 aromatic rings. The predicted octanol–water partition coefficient (Wildman–Crippen LogP) is 1.77. The van der Waals surface area contributed by atoms with Gasteiger partial charge in [-0.05, 0) is 36.4 Å². The van der Waals surface area contributed by atoms with Crippen LogP contribution in [0.4, 0.5) is 0 Å². The molecule has 0 aliphatic rings. The number of rotatable bonds is 3. The number of hydrogen-bond donors (Lipinski definition) is 0. The summed E-state index contributed by atoms with van der Waals surface area (Å²) in [5.41, 5.74) is 0. The molecule has 0 aliphatic carbocycles. The van der Waals surface area contributed by atoms with Crippen molar-refractivity contribution in [3.63, 3.8) is 0 Å². The second-order valence-electron chi connectivity index (χ2n) is 5.30. The van der Waals surface area contributed by atoms with Crippen molar-refractivity contribution in [1.82, 2.24) is 0 Å². The van der Waals surface area contributed by atoms with Crippen molar-refractivity contribution in [2.24, 2.45) is 0 Å². The Balaban J connectivity index is 0.000000429. The van der Waals surface area contributed by atoms with Crippen molar-refractivity contribution >= 4 is 30.4 Å². The van der Waals surface area contributed by atoms with E-state index in [0.717, 1.165) is 0 Å². The summed E-state index contributed by atoms with van der Waals surface area (Å²) in [6, 6.07) is 21.6. The minimum atomic E-state index is -4.25. The topological polar surface area (TPSA) is 172 Å². The standard InChI is InChI=1S/3C6H6O3S.Fe/c3*7-10(8,9)6-4-2-1-3-5-6;/h3*1-5H,(H,7,8,9);/q;;;+3/p-3. The van der Waals surface area contributed by atoms with Gasteiger partial charge in [0.05, 0.1) is 14.7 Å². The van der Waals surface area contributed by atoms with E-state index in [4.69, 9.17) is 0 Å². The van der Waals surface area contributed by atoms with E-state index in [0.29, 0.717) is 0 Å². The van der Waals surface area contributed by atoms with Crippen LogP contribution in [0.25, 0.3) is 0 Å². The van der Waals surface area contributed by atoms with Crippen molar-refractivity contribution < 1.29 is 56.0 Å². The van der Waals surface area contributed by atoms with Gasteiger partial charge in [0.25, 0.3) is 0 Å². The first kappa shape index (κ1) is 28.9. The van der Waals surface area contributed by atoms with Gasteiger partial charge in [-0.1, -0.05) is 54.6 Å². The third kappa shape index (κ3) is 11.8. The summed E-state index contributed by atoms with van der Waals surface area (Å²) >= 11 is 0. The summed E-state index contributed by atoms with van der Waals surface area (Å²) in [5.74, 6) is 0. The molecule has 0 saturated carbocycles. The molecule has 13 heteroatoms. The second kappa shape index (κ2) is 12.7. The molecule has 0 unspecified atom stereocenters. The molecular formula is C18H15FeO9S3. The molecule has 0 atom stereocenters. The predicted molar refractivity (Wildman–Crippen MR) is 103 cm³/mol. The first-order valence-corrected chi connectivity index (χ1v) is 12.1. The van der Waals surface area contributed by atoms with Gasteiger partial charge in [0, 0.05) is 0 Å². The Morgan fingerprint density at radius 1 is 0.387 bits per heavy atom. The third-order valence-corrected chi connectivity index (χ3v) is 5.64. The van der Waals surface area contributed by atoms with E-state index in [1.54, 1.807) is 18.2 Å². The fourth-order valence-corrected chi connectivity index (χ4v) is 3.23. The van der Waals surface area contributed by atoms with Gasteiger partial charge in [-0.25, -0.2) is 25.3 Å². The summed E-state index contributed by atoms with van der Waals surface area (Å²) in [4.78, 5) is -0.556. The molecule has 9 nitrogen and oxygen atoms in total. The Kier molecular flexibility index (Phi) is 11.8. The SMILES string of the molecule is O=S(=O)([O-])c1ccccc1.O=S(=O)([O-])c1ccccc1.O=S(=O)([O-])c1ccccc1.[Fe+3]. The Morgan fingerprint density at radius 3 is 0.645 bits per heavy atom. The van der Waals surface area contributed by atoms with Crippen LogP contribution in [0.15, 0.2) is 106 Å². The molecule has 0 fully saturated rings. The second-order valence-corrected chi connectivity index (χ2v) is 9.44. The normalized spacial score (nSPS) is 10.9. The largest absolute Gasteiger partial charge is 3.00 e. The molecule has 0 spiro atoms. The van der Waals surface area contributed by atoms with E-state index in [2.05, 4.69) is 0 Å². The fourth-order valence-electron chi connectivity index (χ4n) is 1.76. The molecule has 0 saturated heterocycles. The average Bonchev–Trinajstić information content (AvgIpc) is 2.69. The quantitative estimate of drug-likeness (QED) is 0.363. The molecule has 1 radical (unpaired) electrons. The maximum absolute atomic E-state index is 10.3. The third-order valence-electron chi connectivity index (χ3n) is 3.10. The molecule has 167 valence electrons. The summed E-state index contributed by atoms with van der Waals surface area (Å²) in [5, 5.41) is 0. The van der Waals surface area contributed by atoms with E-state index in [1.807, 2.05) is 0 Å². The smallest absolute Gasteiger partial charge is 0.744 e. The molecule has 31 heavy (non-hydrogen) atoms. The van der Waals surface area contributed by atoms with Crippen LogP contribution in [0.2, 0.25) is 0 Å². The zero-order valence-electron chi connectivity index (χ0n) is 15.4. The van der Waals surface area contributed by atoms with Crippen LogP contribution < -0.4 is 0 Å². The Hall–Kier alpha value is -2.09. The minimum absolute atomic E-state index is 0. The van der Waals surface area contributed by atoms with Crippen molar-refractivity contribution in [1.29, 1.82) is 0 Å². The van der Waals surface area contributed by atoms with Crippen LogP contribution in [0.5, 0.6) is 0 Å². The van der Waals surface area contributed by atoms with Gasteiger partial charge in [0.1, 0.15) is 30.4 Å². The zero-order chi connectivity index (χ0) is 22.8. The van der Waals surface area contributed by atoms with E-state index >= 15 is 0 Å². The van der Waals surface area contributed by atoms with Gasteiger partial charge in [0.2, 0.25) is 0 Å². The molecule has 0 N–H and O–H groups in total. The Morgan fingerprint density at radius 2 is 0.548 bits per heavy atom. The Labute approximate surface area is 191 Å². The molecule has 0 heterocycles. The molecule has 0 amide bonds. The summed E-state index contributed by atoms with van der Waals surface area (Å²) in [6.45, 7) is 0. The number of hydrogen-bond acceptors (Lipinski definition) is 9. The van der Waals surface area contributed by atoms with E-state index in [9.17, 15) is 38.9 Å². The van der Waals surface area contributed by atoms with Crippen LogP contribution in [0, 0.1) is 0 Å². The van der Waals surface area contributed by atoms with Crippen molar-refractivity contribution in [3.05, 3.63) is 91.0 Å². The van der Waals surface area contributed by atoms with Gasteiger partial charge in [-0.3, -0.25) is 0 Å². The molecule has 3 aromatic carbocycles. The first-order valence-electron chi connectivity index (χ1n) is 7.84. The van der Waals surface area contributed by atoms with Crippen molar-refractivity contribution in [3.8, 4) is 0 Å². The maximum atomic E-state index is 10.3. The van der Waals surface area contributed by atoms with Crippen LogP contribution in [0.3, 0.4) is 0 Å². The van der Waals surface area contributed by atoms with Crippen LogP contribution in [-0.4, -0.2) is 38.9 Å². The van der Waals surface area contributed by atoms with Crippen LogP contribution >= 0.6 is 0 Å². The van der Waals surface area contributed by atoms with E-state index in [-0.39, 0.29) is 31.8 Å². The Bertz CT molecular complexity index is 1070. The van der Waals surface area contributed by atoms with Gasteiger partial charge in [-0.2, -0.15) is 0 Å². The van der Waals surface area contributed by atoms with Gasteiger partial charge < -0.3 is 13.7 Å². The number of benzene rings is 3. The zero-order valence-corrected chi connectivity index (χ0v) is 19.0. The van der Waals surface area contributed by atoms with Gasteiger partial charge >= 0.3 is 17.1 Å². The molecule has 0 aliphatic heterocycles. The average molecular weight is 527 g/mol. The summed E-state index contributed by atoms with van der Waals surface area (Å²) < 4.78 is 92.5. The monoisotopic (exact) mass is 527 g/mol. The first-order chi connectivity index (χ1) is 13.8. The molecule has 3 rings (SSSR count). The molecular weight excluding hydrogens is 512 g/mol. The van der Waals surface area contributed by atoms with Gasteiger partial charge in [-0.15, -0.1) is 0 Å².